The van der Waals surface area contributed by atoms with Gasteiger partial charge in [0.25, 0.3) is 15.9 Å². The molecule has 0 aromatic heterocycles. The molecule has 0 saturated carbocycles. The van der Waals surface area contributed by atoms with Gasteiger partial charge in [0.15, 0.2) is 0 Å². The Bertz CT molecular complexity index is 1250. The summed E-state index contributed by atoms with van der Waals surface area (Å²) in [6.07, 6.45) is 0. The molecular formula is C22H19ClFN3O4S. The van der Waals surface area contributed by atoms with Gasteiger partial charge in [0.05, 0.1) is 11.4 Å². The van der Waals surface area contributed by atoms with Crippen LogP contribution in [0.4, 0.5) is 15.8 Å². The number of halogens is 2. The fraction of sp³-hybridized carbons (Fsp3) is 0.0909. The number of sulfonamides is 1. The smallest absolute Gasteiger partial charge is 0.261 e. The first-order valence-corrected chi connectivity index (χ1v) is 11.2. The molecule has 0 fully saturated rings. The molecule has 0 aliphatic carbocycles. The third-order valence-electron chi connectivity index (χ3n) is 4.32. The molecule has 3 aromatic rings. The first kappa shape index (κ1) is 23.2. The van der Waals surface area contributed by atoms with Crippen molar-refractivity contribution in [2.45, 2.75) is 4.90 Å². The van der Waals surface area contributed by atoms with E-state index >= 15 is 0 Å². The van der Waals surface area contributed by atoms with Crippen LogP contribution in [0.2, 0.25) is 5.02 Å². The van der Waals surface area contributed by atoms with E-state index in [9.17, 15) is 22.4 Å². The normalized spacial score (nSPS) is 11.0. The molecule has 10 heteroatoms. The maximum atomic E-state index is 13.0. The van der Waals surface area contributed by atoms with Crippen LogP contribution in [0.5, 0.6) is 0 Å². The number of nitrogens with zero attached hydrogens (tertiary/aromatic N) is 1. The molecule has 0 aliphatic heterocycles. The highest BCUT2D eigenvalue weighted by atomic mass is 35.5. The van der Waals surface area contributed by atoms with Crippen molar-refractivity contribution < 1.29 is 22.4 Å². The second kappa shape index (κ2) is 9.80. The van der Waals surface area contributed by atoms with Crippen molar-refractivity contribution in [2.24, 2.45) is 0 Å². The number of anilines is 2. The van der Waals surface area contributed by atoms with Crippen molar-refractivity contribution in [3.05, 3.63) is 89.2 Å². The summed E-state index contributed by atoms with van der Waals surface area (Å²) in [5, 5.41) is 3.09. The summed E-state index contributed by atoms with van der Waals surface area (Å²) < 4.78 is 40.6. The van der Waals surface area contributed by atoms with Gasteiger partial charge >= 0.3 is 0 Å². The molecule has 0 atom stereocenters. The average molecular weight is 476 g/mol. The molecule has 0 unspecified atom stereocenters. The standard InChI is InChI=1S/C22H19ClFN3O4S/c1-27(14-21(28)25-19-6-3-5-16(23)13-19)22(29)15-4-2-7-20(12-15)32(30,31)26-18-10-8-17(24)9-11-18/h2-13,26H,14H2,1H3,(H,25,28). The highest BCUT2D eigenvalue weighted by molar-refractivity contribution is 7.92. The van der Waals surface area contributed by atoms with E-state index in [2.05, 4.69) is 10.0 Å². The van der Waals surface area contributed by atoms with Gasteiger partial charge < -0.3 is 10.2 Å². The van der Waals surface area contributed by atoms with E-state index in [-0.39, 0.29) is 22.7 Å². The molecule has 3 rings (SSSR count). The molecule has 0 aliphatic rings. The Morgan fingerprint density at radius 2 is 1.66 bits per heavy atom. The molecule has 166 valence electrons. The van der Waals surface area contributed by atoms with Crippen LogP contribution >= 0.6 is 11.6 Å². The van der Waals surface area contributed by atoms with Crippen molar-refractivity contribution in [3.63, 3.8) is 0 Å². The van der Waals surface area contributed by atoms with Gasteiger partial charge in [0, 0.05) is 29.0 Å². The molecule has 0 radical (unpaired) electrons. The number of nitrogens with one attached hydrogen (secondary N) is 2. The summed E-state index contributed by atoms with van der Waals surface area (Å²) in [5.74, 6) is -1.47. The fourth-order valence-electron chi connectivity index (χ4n) is 2.80. The zero-order valence-corrected chi connectivity index (χ0v) is 18.5. The number of hydrogen-bond acceptors (Lipinski definition) is 4. The second-order valence-electron chi connectivity index (χ2n) is 6.86. The van der Waals surface area contributed by atoms with Crippen LogP contribution < -0.4 is 10.0 Å². The van der Waals surface area contributed by atoms with E-state index in [4.69, 9.17) is 11.6 Å². The molecule has 0 saturated heterocycles. The minimum absolute atomic E-state index is 0.0880. The minimum atomic E-state index is -4.01. The minimum Gasteiger partial charge on any atom is -0.332 e. The van der Waals surface area contributed by atoms with E-state index in [1.54, 1.807) is 24.3 Å². The van der Waals surface area contributed by atoms with E-state index in [1.807, 2.05) is 0 Å². The van der Waals surface area contributed by atoms with E-state index in [0.29, 0.717) is 10.7 Å². The lowest BCUT2D eigenvalue weighted by atomic mass is 10.2. The molecule has 0 heterocycles. The molecule has 0 bridgehead atoms. The number of rotatable bonds is 7. The maximum absolute atomic E-state index is 13.0. The quantitative estimate of drug-likeness (QED) is 0.540. The molecule has 2 amide bonds. The van der Waals surface area contributed by atoms with E-state index in [1.165, 1.54) is 48.3 Å². The SMILES string of the molecule is CN(CC(=O)Nc1cccc(Cl)c1)C(=O)c1cccc(S(=O)(=O)Nc2ccc(F)cc2)c1. The van der Waals surface area contributed by atoms with Crippen LogP contribution in [0.25, 0.3) is 0 Å². The number of benzene rings is 3. The van der Waals surface area contributed by atoms with Crippen molar-refractivity contribution in [1.29, 1.82) is 0 Å². The number of likely N-dealkylation sites (N-methyl/N-ethyl adjacent to an activating group) is 1. The van der Waals surface area contributed by atoms with Crippen LogP contribution in [0.15, 0.2) is 77.7 Å². The van der Waals surface area contributed by atoms with Gasteiger partial charge in [-0.25, -0.2) is 12.8 Å². The van der Waals surface area contributed by atoms with Crippen molar-refractivity contribution in [3.8, 4) is 0 Å². The van der Waals surface area contributed by atoms with Crippen molar-refractivity contribution in [1.82, 2.24) is 4.90 Å². The van der Waals surface area contributed by atoms with Crippen LogP contribution in [0, 0.1) is 5.82 Å². The number of amides is 2. The molecule has 2 N–H and O–H groups in total. The monoisotopic (exact) mass is 475 g/mol. The van der Waals surface area contributed by atoms with Gasteiger partial charge in [0.1, 0.15) is 5.82 Å². The summed E-state index contributed by atoms with van der Waals surface area (Å²) in [6, 6.07) is 16.8. The first-order valence-electron chi connectivity index (χ1n) is 9.33. The van der Waals surface area contributed by atoms with Gasteiger partial charge in [-0.3, -0.25) is 14.3 Å². The lowest BCUT2D eigenvalue weighted by Gasteiger charge is -2.17. The Morgan fingerprint density at radius 1 is 0.969 bits per heavy atom. The summed E-state index contributed by atoms with van der Waals surface area (Å²) >= 11 is 5.89. The summed E-state index contributed by atoms with van der Waals surface area (Å²) in [4.78, 5) is 26.0. The van der Waals surface area contributed by atoms with Gasteiger partial charge in [0.2, 0.25) is 5.91 Å². The largest absolute Gasteiger partial charge is 0.332 e. The molecule has 3 aromatic carbocycles. The Labute approximate surface area is 189 Å². The predicted molar refractivity (Wildman–Crippen MR) is 121 cm³/mol. The lowest BCUT2D eigenvalue weighted by Crippen LogP contribution is -2.35. The highest BCUT2D eigenvalue weighted by Crippen LogP contribution is 2.19. The van der Waals surface area contributed by atoms with Gasteiger partial charge in [-0.05, 0) is 60.7 Å². The second-order valence-corrected chi connectivity index (χ2v) is 8.98. The average Bonchev–Trinajstić information content (AvgIpc) is 2.74. The van der Waals surface area contributed by atoms with Crippen molar-refractivity contribution >= 4 is 44.8 Å². The Hall–Kier alpha value is -3.43. The zero-order valence-electron chi connectivity index (χ0n) is 16.9. The molecule has 0 spiro atoms. The Balaban J connectivity index is 1.69. The summed E-state index contributed by atoms with van der Waals surface area (Å²) in [6.45, 7) is -0.254. The molecule has 7 nitrogen and oxygen atoms in total. The van der Waals surface area contributed by atoms with Crippen LogP contribution in [-0.2, 0) is 14.8 Å². The third-order valence-corrected chi connectivity index (χ3v) is 5.94. The third kappa shape index (κ3) is 6.05. The zero-order chi connectivity index (χ0) is 23.3. The van der Waals surface area contributed by atoms with Crippen LogP contribution in [0.3, 0.4) is 0 Å². The molecular weight excluding hydrogens is 457 g/mol. The number of carbonyl (C=O) groups excluding carboxylic acids is 2. The van der Waals surface area contributed by atoms with Gasteiger partial charge in [-0.2, -0.15) is 0 Å². The highest BCUT2D eigenvalue weighted by Gasteiger charge is 2.19. The maximum Gasteiger partial charge on any atom is 0.261 e. The number of hydrogen-bond donors (Lipinski definition) is 2. The van der Waals surface area contributed by atoms with Gasteiger partial charge in [-0.15, -0.1) is 0 Å². The van der Waals surface area contributed by atoms with Gasteiger partial charge in [-0.1, -0.05) is 23.7 Å². The lowest BCUT2D eigenvalue weighted by molar-refractivity contribution is -0.116. The van der Waals surface area contributed by atoms with E-state index < -0.39 is 27.7 Å². The Morgan fingerprint density at radius 3 is 2.34 bits per heavy atom. The number of carbonyl (C=O) groups is 2. The van der Waals surface area contributed by atoms with E-state index in [0.717, 1.165) is 12.1 Å². The fourth-order valence-corrected chi connectivity index (χ4v) is 4.10. The van der Waals surface area contributed by atoms with Crippen LogP contribution in [-0.4, -0.2) is 38.7 Å². The van der Waals surface area contributed by atoms with Crippen LogP contribution in [0.1, 0.15) is 10.4 Å². The summed E-state index contributed by atoms with van der Waals surface area (Å²) in [5.41, 5.74) is 0.756. The summed E-state index contributed by atoms with van der Waals surface area (Å²) in [7, 11) is -2.58. The molecule has 32 heavy (non-hydrogen) atoms. The topological polar surface area (TPSA) is 95.6 Å². The first-order chi connectivity index (χ1) is 15.1. The predicted octanol–water partition coefficient (Wildman–Crippen LogP) is 3.99. The van der Waals surface area contributed by atoms with Crippen molar-refractivity contribution in [2.75, 3.05) is 23.6 Å². The Kier molecular flexibility index (Phi) is 7.12.